The molecule has 4 saturated carbocycles. The Hall–Kier alpha value is -0.770. The molecule has 4 bridgehead atoms. The lowest BCUT2D eigenvalue weighted by Gasteiger charge is -2.60. The molecule has 3 nitrogen and oxygen atoms in total. The number of furan rings is 1. The number of aryl methyl sites for hydroxylation is 1. The average Bonchev–Trinajstić information content (AvgIpc) is 2.93. The van der Waals surface area contributed by atoms with E-state index in [0.29, 0.717) is 4.32 Å². The molecule has 5 aliphatic carbocycles. The van der Waals surface area contributed by atoms with E-state index in [-0.39, 0.29) is 17.4 Å². The molecule has 4 fully saturated rings. The van der Waals surface area contributed by atoms with Crippen molar-refractivity contribution in [1.82, 2.24) is 5.32 Å². The molecule has 1 aromatic heterocycles. The average molecular weight is 392 g/mol. The highest BCUT2D eigenvalue weighted by Gasteiger charge is 2.57. The number of alkyl halides is 1. The number of halogens is 1. The summed E-state index contributed by atoms with van der Waals surface area (Å²) in [5.41, 5.74) is 1.46. The van der Waals surface area contributed by atoms with Crippen molar-refractivity contribution in [3.8, 4) is 0 Å². The lowest BCUT2D eigenvalue weighted by atomic mass is 9.48. The van der Waals surface area contributed by atoms with E-state index in [9.17, 15) is 4.79 Å². The molecule has 3 unspecified atom stereocenters. The van der Waals surface area contributed by atoms with Gasteiger partial charge in [0.05, 0.1) is 12.3 Å². The molecular weight excluding hydrogens is 366 g/mol. The molecule has 0 aromatic carbocycles. The number of rotatable bonds is 3. The number of carbonyl (C=O) groups is 1. The van der Waals surface area contributed by atoms with Gasteiger partial charge in [-0.15, -0.1) is 0 Å². The Kier molecular flexibility index (Phi) is 3.46. The minimum Gasteiger partial charge on any atom is -0.469 e. The highest BCUT2D eigenvalue weighted by molar-refractivity contribution is 9.10. The van der Waals surface area contributed by atoms with Gasteiger partial charge >= 0.3 is 0 Å². The lowest BCUT2D eigenvalue weighted by molar-refractivity contribution is -0.129. The van der Waals surface area contributed by atoms with E-state index in [1.54, 1.807) is 6.26 Å². The number of amides is 1. The molecule has 5 aliphatic rings. The summed E-state index contributed by atoms with van der Waals surface area (Å²) in [6.45, 7) is 0. The molecule has 4 heteroatoms. The van der Waals surface area contributed by atoms with Gasteiger partial charge in [0.25, 0.3) is 0 Å². The summed E-state index contributed by atoms with van der Waals surface area (Å²) in [6, 6.07) is 2.20. The van der Waals surface area contributed by atoms with Crippen LogP contribution in [0.15, 0.2) is 16.7 Å². The zero-order chi connectivity index (χ0) is 16.4. The summed E-state index contributed by atoms with van der Waals surface area (Å²) in [7, 11) is 0. The topological polar surface area (TPSA) is 42.2 Å². The first-order valence-corrected chi connectivity index (χ1v) is 10.4. The summed E-state index contributed by atoms with van der Waals surface area (Å²) in [6.07, 6.45) is 13.4. The Bertz CT molecular complexity index is 652. The quantitative estimate of drug-likeness (QED) is 0.744. The molecule has 0 saturated heterocycles. The summed E-state index contributed by atoms with van der Waals surface area (Å²) >= 11 is 4.05. The van der Waals surface area contributed by atoms with E-state index in [2.05, 4.69) is 21.2 Å². The smallest absolute Gasteiger partial charge is 0.221 e. The van der Waals surface area contributed by atoms with Crippen LogP contribution in [0.1, 0.15) is 75.2 Å². The second kappa shape index (κ2) is 5.36. The molecule has 3 atom stereocenters. The predicted molar refractivity (Wildman–Crippen MR) is 95.9 cm³/mol. The van der Waals surface area contributed by atoms with E-state index >= 15 is 0 Å². The van der Waals surface area contributed by atoms with Crippen LogP contribution < -0.4 is 5.32 Å². The number of fused-ring (bicyclic) bond motifs is 1. The first kappa shape index (κ1) is 15.5. The molecule has 0 spiro atoms. The van der Waals surface area contributed by atoms with Gasteiger partial charge in [-0.05, 0) is 74.7 Å². The fourth-order valence-corrected chi connectivity index (χ4v) is 8.28. The van der Waals surface area contributed by atoms with E-state index in [0.717, 1.165) is 43.3 Å². The third kappa shape index (κ3) is 2.56. The van der Waals surface area contributed by atoms with Crippen LogP contribution in [0.4, 0.5) is 0 Å². The van der Waals surface area contributed by atoms with Gasteiger partial charge in [0.15, 0.2) is 0 Å². The monoisotopic (exact) mass is 391 g/mol. The van der Waals surface area contributed by atoms with Gasteiger partial charge in [-0.1, -0.05) is 15.9 Å². The van der Waals surface area contributed by atoms with Crippen LogP contribution in [-0.4, -0.2) is 10.2 Å². The van der Waals surface area contributed by atoms with E-state index in [1.807, 2.05) is 6.07 Å². The standard InChI is InChI=1S/C20H26BrNO2/c21-20-9-13-6-14(10-20)8-19(7-13,12-20)11-18(23)22-16-2-1-3-17-15(16)4-5-24-17/h4-5,13-14,16H,1-3,6-12H2,(H,22,23). The van der Waals surface area contributed by atoms with Crippen molar-refractivity contribution in [2.24, 2.45) is 17.3 Å². The number of hydrogen-bond donors (Lipinski definition) is 1. The van der Waals surface area contributed by atoms with Crippen LogP contribution in [0.2, 0.25) is 0 Å². The van der Waals surface area contributed by atoms with Crippen LogP contribution in [0, 0.1) is 17.3 Å². The molecule has 1 heterocycles. The van der Waals surface area contributed by atoms with Gasteiger partial charge in [-0.3, -0.25) is 4.79 Å². The van der Waals surface area contributed by atoms with Crippen LogP contribution in [0.25, 0.3) is 0 Å². The Balaban J connectivity index is 1.30. The van der Waals surface area contributed by atoms with Crippen molar-refractivity contribution in [2.45, 2.75) is 74.6 Å². The van der Waals surface area contributed by atoms with E-state index < -0.39 is 0 Å². The molecule has 6 rings (SSSR count). The normalized spacial score (nSPS) is 42.8. The van der Waals surface area contributed by atoms with E-state index in [4.69, 9.17) is 4.42 Å². The second-order valence-electron chi connectivity index (χ2n) is 9.10. The zero-order valence-electron chi connectivity index (χ0n) is 14.2. The maximum absolute atomic E-state index is 12.9. The van der Waals surface area contributed by atoms with Crippen molar-refractivity contribution < 1.29 is 9.21 Å². The van der Waals surface area contributed by atoms with Crippen LogP contribution in [0.3, 0.4) is 0 Å². The van der Waals surface area contributed by atoms with Crippen LogP contribution in [-0.2, 0) is 11.2 Å². The van der Waals surface area contributed by atoms with E-state index in [1.165, 1.54) is 44.1 Å². The number of nitrogens with one attached hydrogen (secondary N) is 1. The molecule has 1 aromatic rings. The molecule has 130 valence electrons. The summed E-state index contributed by atoms with van der Waals surface area (Å²) in [4.78, 5) is 12.9. The molecular formula is C20H26BrNO2. The lowest BCUT2D eigenvalue weighted by Crippen LogP contribution is -2.54. The van der Waals surface area contributed by atoms with Crippen molar-refractivity contribution in [3.05, 3.63) is 23.7 Å². The van der Waals surface area contributed by atoms with Crippen molar-refractivity contribution >= 4 is 21.8 Å². The SMILES string of the molecule is O=C(CC12CC3CC(CC(Br)(C3)C1)C2)NC1CCCc2occc21. The Morgan fingerprint density at radius 1 is 1.29 bits per heavy atom. The fraction of sp³-hybridized carbons (Fsp3) is 0.750. The number of hydrogen-bond acceptors (Lipinski definition) is 2. The minimum absolute atomic E-state index is 0.159. The van der Waals surface area contributed by atoms with Gasteiger partial charge < -0.3 is 9.73 Å². The molecule has 0 radical (unpaired) electrons. The Morgan fingerprint density at radius 3 is 2.83 bits per heavy atom. The van der Waals surface area contributed by atoms with Gasteiger partial charge in [0.2, 0.25) is 5.91 Å². The van der Waals surface area contributed by atoms with Gasteiger partial charge in [-0.2, -0.15) is 0 Å². The molecule has 1 amide bonds. The highest BCUT2D eigenvalue weighted by Crippen LogP contribution is 2.65. The number of carbonyl (C=O) groups excluding carboxylic acids is 1. The zero-order valence-corrected chi connectivity index (χ0v) is 15.7. The van der Waals surface area contributed by atoms with Gasteiger partial charge in [0, 0.05) is 22.7 Å². The van der Waals surface area contributed by atoms with Crippen molar-refractivity contribution in [1.29, 1.82) is 0 Å². The fourth-order valence-electron chi connectivity index (χ4n) is 6.77. The maximum atomic E-state index is 12.9. The first-order valence-electron chi connectivity index (χ1n) is 9.57. The van der Waals surface area contributed by atoms with Crippen LogP contribution >= 0.6 is 15.9 Å². The van der Waals surface area contributed by atoms with Crippen molar-refractivity contribution in [3.63, 3.8) is 0 Å². The highest BCUT2D eigenvalue weighted by atomic mass is 79.9. The van der Waals surface area contributed by atoms with Gasteiger partial charge in [0.1, 0.15) is 5.76 Å². The summed E-state index contributed by atoms with van der Waals surface area (Å²) in [5, 5.41) is 3.33. The largest absolute Gasteiger partial charge is 0.469 e. The minimum atomic E-state index is 0.159. The predicted octanol–water partition coefficient (Wildman–Crippen LogP) is 4.90. The van der Waals surface area contributed by atoms with Crippen LogP contribution in [0.5, 0.6) is 0 Å². The second-order valence-corrected chi connectivity index (χ2v) is 10.8. The Morgan fingerprint density at radius 2 is 2.08 bits per heavy atom. The Labute approximate surface area is 152 Å². The summed E-state index contributed by atoms with van der Waals surface area (Å²) in [5.74, 6) is 3.01. The molecule has 24 heavy (non-hydrogen) atoms. The summed E-state index contributed by atoms with van der Waals surface area (Å²) < 4.78 is 5.89. The molecule has 0 aliphatic heterocycles. The van der Waals surface area contributed by atoms with Crippen molar-refractivity contribution in [2.75, 3.05) is 0 Å². The maximum Gasteiger partial charge on any atom is 0.221 e. The first-order chi connectivity index (χ1) is 11.5. The third-order valence-corrected chi connectivity index (χ3v) is 7.96. The molecule has 1 N–H and O–H groups in total. The third-order valence-electron chi connectivity index (χ3n) is 7.03. The van der Waals surface area contributed by atoms with Gasteiger partial charge in [-0.25, -0.2) is 0 Å².